The average Bonchev–Trinajstić information content (AvgIpc) is 3.17. The summed E-state index contributed by atoms with van der Waals surface area (Å²) in [7, 11) is 1.60. The molecule has 0 aromatic heterocycles. The fourth-order valence-corrected chi connectivity index (χ4v) is 5.13. The summed E-state index contributed by atoms with van der Waals surface area (Å²) in [6, 6.07) is 24.4. The Hall–Kier alpha value is -4.02. The van der Waals surface area contributed by atoms with Gasteiger partial charge in [-0.2, -0.15) is 5.26 Å². The van der Waals surface area contributed by atoms with E-state index >= 15 is 0 Å². The topological polar surface area (TPSA) is 82.4 Å². The maximum Gasteiger partial charge on any atom is 0.269 e. The zero-order valence-corrected chi connectivity index (χ0v) is 20.6. The number of para-hydroxylation sites is 1. The first-order chi connectivity index (χ1) is 16.9. The van der Waals surface area contributed by atoms with Gasteiger partial charge in [-0.1, -0.05) is 59.8 Å². The molecule has 2 amide bonds. The minimum Gasteiger partial charge on any atom is -0.497 e. The molecule has 35 heavy (non-hydrogen) atoms. The third-order valence-electron chi connectivity index (χ3n) is 5.75. The van der Waals surface area contributed by atoms with Crippen molar-refractivity contribution in [3.8, 4) is 11.8 Å². The summed E-state index contributed by atoms with van der Waals surface area (Å²) in [4.78, 5) is 28.3. The van der Waals surface area contributed by atoms with Gasteiger partial charge in [-0.15, -0.1) is 0 Å². The molecule has 176 valence electrons. The normalized spacial score (nSPS) is 16.6. The van der Waals surface area contributed by atoms with E-state index in [-0.39, 0.29) is 11.5 Å². The largest absolute Gasteiger partial charge is 0.497 e. The van der Waals surface area contributed by atoms with Crippen molar-refractivity contribution in [1.29, 1.82) is 5.26 Å². The minimum atomic E-state index is -0.546. The lowest BCUT2D eigenvalue weighted by Gasteiger charge is -2.20. The first kappa shape index (κ1) is 24.1. The van der Waals surface area contributed by atoms with Gasteiger partial charge in [-0.05, 0) is 61.7 Å². The van der Waals surface area contributed by atoms with E-state index in [1.807, 2.05) is 74.5 Å². The third kappa shape index (κ3) is 5.23. The molecule has 3 aromatic rings. The number of methoxy groups -OCH3 is 1. The number of thioether (sulfide) groups is 1. The first-order valence-electron chi connectivity index (χ1n) is 11.1. The van der Waals surface area contributed by atoms with Crippen LogP contribution in [0.3, 0.4) is 0 Å². The summed E-state index contributed by atoms with van der Waals surface area (Å²) in [6.45, 7) is 3.86. The SMILES string of the molecule is COc1ccc(C[C@@H]2S/C(=C(/C#N)C(=O)Nc3ccc(C)cc3)N(c3ccccc3C)C2=O)cc1. The number of nitrogens with zero attached hydrogens (tertiary/aromatic N) is 2. The Labute approximate surface area is 209 Å². The highest BCUT2D eigenvalue weighted by Gasteiger charge is 2.41. The Kier molecular flexibility index (Phi) is 7.23. The fourth-order valence-electron chi connectivity index (χ4n) is 3.83. The van der Waals surface area contributed by atoms with E-state index in [4.69, 9.17) is 4.74 Å². The molecule has 4 rings (SSSR count). The van der Waals surface area contributed by atoms with Crippen LogP contribution in [0.25, 0.3) is 0 Å². The summed E-state index contributed by atoms with van der Waals surface area (Å²) >= 11 is 1.25. The van der Waals surface area contributed by atoms with Crippen molar-refractivity contribution in [2.75, 3.05) is 17.3 Å². The molecule has 0 spiro atoms. The van der Waals surface area contributed by atoms with Crippen LogP contribution in [0.2, 0.25) is 0 Å². The molecule has 1 atom stereocenters. The molecule has 0 radical (unpaired) electrons. The molecule has 1 fully saturated rings. The number of amides is 2. The fraction of sp³-hybridized carbons (Fsp3) is 0.179. The monoisotopic (exact) mass is 483 g/mol. The molecule has 1 saturated heterocycles. The van der Waals surface area contributed by atoms with Crippen molar-refractivity contribution in [2.45, 2.75) is 25.5 Å². The predicted molar refractivity (Wildman–Crippen MR) is 139 cm³/mol. The zero-order chi connectivity index (χ0) is 24.9. The number of anilines is 2. The highest BCUT2D eigenvalue weighted by molar-refractivity contribution is 8.05. The number of benzene rings is 3. The van der Waals surface area contributed by atoms with Crippen molar-refractivity contribution in [3.05, 3.63) is 100 Å². The zero-order valence-electron chi connectivity index (χ0n) is 19.7. The second kappa shape index (κ2) is 10.5. The number of nitrogens with one attached hydrogen (secondary N) is 1. The number of ether oxygens (including phenoxy) is 1. The second-order valence-corrected chi connectivity index (χ2v) is 9.42. The van der Waals surface area contributed by atoms with Gasteiger partial charge >= 0.3 is 0 Å². The van der Waals surface area contributed by atoms with E-state index in [0.29, 0.717) is 22.8 Å². The number of hydrogen-bond donors (Lipinski definition) is 1. The van der Waals surface area contributed by atoms with E-state index in [2.05, 4.69) is 11.4 Å². The molecule has 1 aliphatic heterocycles. The molecule has 0 saturated carbocycles. The van der Waals surface area contributed by atoms with Crippen molar-refractivity contribution in [3.63, 3.8) is 0 Å². The lowest BCUT2D eigenvalue weighted by atomic mass is 10.1. The van der Waals surface area contributed by atoms with E-state index in [0.717, 1.165) is 22.4 Å². The molecular formula is C28H25N3O3S. The van der Waals surface area contributed by atoms with Gasteiger partial charge in [0.2, 0.25) is 5.91 Å². The lowest BCUT2D eigenvalue weighted by Crippen LogP contribution is -2.31. The minimum absolute atomic E-state index is 0.0931. The molecule has 1 N–H and O–H groups in total. The van der Waals surface area contributed by atoms with Crippen LogP contribution in [0.15, 0.2) is 83.4 Å². The van der Waals surface area contributed by atoms with Gasteiger partial charge < -0.3 is 10.1 Å². The van der Waals surface area contributed by atoms with Crippen LogP contribution >= 0.6 is 11.8 Å². The predicted octanol–water partition coefficient (Wildman–Crippen LogP) is 5.38. The molecule has 0 aliphatic carbocycles. The highest BCUT2D eigenvalue weighted by Crippen LogP contribution is 2.43. The van der Waals surface area contributed by atoms with Crippen molar-refractivity contribution in [1.82, 2.24) is 0 Å². The van der Waals surface area contributed by atoms with Gasteiger partial charge in [-0.25, -0.2) is 0 Å². The molecule has 1 aliphatic rings. The standard InChI is InChI=1S/C28H25N3O3S/c1-18-8-12-21(13-9-18)30-26(32)23(17-29)28-31(24-7-5-4-6-19(24)2)27(33)25(35-28)16-20-10-14-22(34-3)15-11-20/h4-15,25H,16H2,1-3H3,(H,30,32)/b28-23-/t25-/m0/s1. The van der Waals surface area contributed by atoms with E-state index in [9.17, 15) is 14.9 Å². The summed E-state index contributed by atoms with van der Waals surface area (Å²) < 4.78 is 5.22. The van der Waals surface area contributed by atoms with Gasteiger partial charge in [0.1, 0.15) is 22.4 Å². The number of nitriles is 1. The Balaban J connectivity index is 1.71. The van der Waals surface area contributed by atoms with E-state index < -0.39 is 11.2 Å². The quantitative estimate of drug-likeness (QED) is 0.376. The van der Waals surface area contributed by atoms with Crippen LogP contribution in [-0.2, 0) is 16.0 Å². The van der Waals surface area contributed by atoms with Gasteiger partial charge in [-0.3, -0.25) is 14.5 Å². The van der Waals surface area contributed by atoms with Gasteiger partial charge in [0.25, 0.3) is 5.91 Å². The van der Waals surface area contributed by atoms with Crippen molar-refractivity contribution < 1.29 is 14.3 Å². The molecule has 3 aromatic carbocycles. The molecule has 7 heteroatoms. The molecular weight excluding hydrogens is 458 g/mol. The summed E-state index contributed by atoms with van der Waals surface area (Å²) in [6.07, 6.45) is 0.456. The number of rotatable bonds is 6. The van der Waals surface area contributed by atoms with Crippen LogP contribution < -0.4 is 15.0 Å². The average molecular weight is 484 g/mol. The maximum atomic E-state index is 13.6. The van der Waals surface area contributed by atoms with Gasteiger partial charge in [0.15, 0.2) is 0 Å². The summed E-state index contributed by atoms with van der Waals surface area (Å²) in [5, 5.41) is 12.7. The van der Waals surface area contributed by atoms with E-state index in [1.54, 1.807) is 19.2 Å². The first-order valence-corrected chi connectivity index (χ1v) is 12.0. The van der Waals surface area contributed by atoms with Crippen LogP contribution in [0.1, 0.15) is 16.7 Å². The van der Waals surface area contributed by atoms with Crippen LogP contribution in [0.4, 0.5) is 11.4 Å². The maximum absolute atomic E-state index is 13.6. The molecule has 0 unspecified atom stereocenters. The van der Waals surface area contributed by atoms with Gasteiger partial charge in [0, 0.05) is 5.69 Å². The number of hydrogen-bond acceptors (Lipinski definition) is 5. The highest BCUT2D eigenvalue weighted by atomic mass is 32.2. The summed E-state index contributed by atoms with van der Waals surface area (Å²) in [5.74, 6) is 0.0298. The lowest BCUT2D eigenvalue weighted by molar-refractivity contribution is -0.117. The Morgan fingerprint density at radius 1 is 1.06 bits per heavy atom. The molecule has 6 nitrogen and oxygen atoms in total. The number of carbonyl (C=O) groups excluding carboxylic acids is 2. The van der Waals surface area contributed by atoms with Crippen LogP contribution in [-0.4, -0.2) is 24.2 Å². The Morgan fingerprint density at radius 3 is 2.37 bits per heavy atom. The second-order valence-electron chi connectivity index (χ2n) is 8.23. The number of aryl methyl sites for hydroxylation is 2. The number of carbonyl (C=O) groups is 2. The van der Waals surface area contributed by atoms with Crippen molar-refractivity contribution >= 4 is 35.0 Å². The van der Waals surface area contributed by atoms with Crippen LogP contribution in [0.5, 0.6) is 5.75 Å². The molecule has 0 bridgehead atoms. The smallest absolute Gasteiger partial charge is 0.269 e. The Bertz CT molecular complexity index is 1320. The summed E-state index contributed by atoms with van der Waals surface area (Å²) in [5.41, 5.74) is 4.05. The van der Waals surface area contributed by atoms with E-state index in [1.165, 1.54) is 16.7 Å². The third-order valence-corrected chi connectivity index (χ3v) is 7.01. The molecule has 1 heterocycles. The van der Waals surface area contributed by atoms with Gasteiger partial charge in [0.05, 0.1) is 18.0 Å². The van der Waals surface area contributed by atoms with Crippen molar-refractivity contribution in [2.24, 2.45) is 0 Å². The van der Waals surface area contributed by atoms with Crippen LogP contribution in [0, 0.1) is 25.2 Å². The Morgan fingerprint density at radius 2 is 1.74 bits per heavy atom.